The molecule has 0 unspecified atom stereocenters. The first-order valence-corrected chi connectivity index (χ1v) is 7.68. The van der Waals surface area contributed by atoms with Crippen LogP contribution in [0.15, 0.2) is 40.2 Å². The fourth-order valence-corrected chi connectivity index (χ4v) is 2.54. The number of carbonyl (C=O) groups excluding carboxylic acids is 2. The van der Waals surface area contributed by atoms with Crippen molar-refractivity contribution in [3.8, 4) is 5.75 Å². The van der Waals surface area contributed by atoms with E-state index in [0.29, 0.717) is 11.0 Å². The molecule has 2 rings (SSSR count). The number of halogens is 1. The molecule has 0 spiro atoms. The molecule has 5 nitrogen and oxygen atoms in total. The maximum absolute atomic E-state index is 11.8. The first-order valence-electron chi connectivity index (χ1n) is 6.01. The van der Waals surface area contributed by atoms with Gasteiger partial charge in [-0.1, -0.05) is 22.0 Å². The monoisotopic (exact) mass is 369 g/mol. The second-order valence-corrected chi connectivity index (χ2v) is 6.04. The summed E-state index contributed by atoms with van der Waals surface area (Å²) in [7, 11) is 0. The predicted molar refractivity (Wildman–Crippen MR) is 82.3 cm³/mol. The zero-order chi connectivity index (χ0) is 15.2. The Morgan fingerprint density at radius 2 is 2.14 bits per heavy atom. The highest BCUT2D eigenvalue weighted by Crippen LogP contribution is 2.22. The molecule has 1 aromatic carbocycles. The highest BCUT2D eigenvalue weighted by molar-refractivity contribution is 9.10. The molecule has 0 saturated heterocycles. The van der Waals surface area contributed by atoms with Crippen molar-refractivity contribution < 1.29 is 19.4 Å². The Morgan fingerprint density at radius 1 is 1.33 bits per heavy atom. The van der Waals surface area contributed by atoms with Gasteiger partial charge in [-0.15, -0.1) is 11.3 Å². The normalized spacial score (nSPS) is 10.1. The van der Waals surface area contributed by atoms with Gasteiger partial charge in [-0.25, -0.2) is 4.79 Å². The van der Waals surface area contributed by atoms with E-state index in [1.807, 2.05) is 17.5 Å². The third kappa shape index (κ3) is 4.57. The Kier molecular flexibility index (Phi) is 5.35. The fourth-order valence-electron chi connectivity index (χ4n) is 1.53. The summed E-state index contributed by atoms with van der Waals surface area (Å²) in [5, 5.41) is 14.1. The van der Waals surface area contributed by atoms with Gasteiger partial charge in [-0.05, 0) is 29.6 Å². The lowest BCUT2D eigenvalue weighted by Crippen LogP contribution is -2.28. The van der Waals surface area contributed by atoms with Crippen LogP contribution in [0, 0.1) is 0 Å². The molecule has 7 heteroatoms. The number of carbonyl (C=O) groups is 2. The van der Waals surface area contributed by atoms with Crippen LogP contribution in [-0.4, -0.2) is 23.6 Å². The van der Waals surface area contributed by atoms with Crippen molar-refractivity contribution in [2.75, 3.05) is 6.61 Å². The van der Waals surface area contributed by atoms with Crippen molar-refractivity contribution in [2.24, 2.45) is 0 Å². The minimum absolute atomic E-state index is 0.00966. The summed E-state index contributed by atoms with van der Waals surface area (Å²) in [6.07, 6.45) is 0. The van der Waals surface area contributed by atoms with Crippen LogP contribution < -0.4 is 5.32 Å². The van der Waals surface area contributed by atoms with Crippen LogP contribution in [0.2, 0.25) is 0 Å². The van der Waals surface area contributed by atoms with Crippen molar-refractivity contribution in [2.45, 2.75) is 6.54 Å². The van der Waals surface area contributed by atoms with Gasteiger partial charge in [0, 0.05) is 9.35 Å². The number of nitrogens with one attached hydrogen (secondary N) is 1. The van der Waals surface area contributed by atoms with Crippen LogP contribution in [0.3, 0.4) is 0 Å². The fraction of sp³-hybridized carbons (Fsp3) is 0.143. The number of amides is 1. The largest absolute Gasteiger partial charge is 0.507 e. The summed E-state index contributed by atoms with van der Waals surface area (Å²) < 4.78 is 5.50. The first-order chi connectivity index (χ1) is 10.1. The number of phenols is 1. The van der Waals surface area contributed by atoms with Crippen LogP contribution in [0.5, 0.6) is 5.75 Å². The van der Waals surface area contributed by atoms with E-state index in [4.69, 9.17) is 4.74 Å². The minimum atomic E-state index is -0.750. The van der Waals surface area contributed by atoms with E-state index in [2.05, 4.69) is 21.2 Å². The number of phenolic OH excluding ortho intramolecular Hbond substituents is 1. The smallest absolute Gasteiger partial charge is 0.342 e. The van der Waals surface area contributed by atoms with Gasteiger partial charge in [0.25, 0.3) is 5.91 Å². The standard InChI is InChI=1S/C14H12BrNO4S/c15-9-3-4-12(17)11(6-9)14(19)20-8-13(18)16-7-10-2-1-5-21-10/h1-6,17H,7-8H2,(H,16,18). The van der Waals surface area contributed by atoms with Gasteiger partial charge < -0.3 is 15.2 Å². The molecule has 2 aromatic rings. The van der Waals surface area contributed by atoms with Crippen LogP contribution in [-0.2, 0) is 16.1 Å². The minimum Gasteiger partial charge on any atom is -0.507 e. The van der Waals surface area contributed by atoms with E-state index in [1.165, 1.54) is 23.5 Å². The molecule has 2 N–H and O–H groups in total. The molecule has 0 aliphatic heterocycles. The third-order valence-electron chi connectivity index (χ3n) is 2.55. The van der Waals surface area contributed by atoms with Crippen LogP contribution >= 0.6 is 27.3 Å². The quantitative estimate of drug-likeness (QED) is 0.794. The lowest BCUT2D eigenvalue weighted by molar-refractivity contribution is -0.124. The molecule has 110 valence electrons. The van der Waals surface area contributed by atoms with Crippen molar-refractivity contribution in [1.29, 1.82) is 0 Å². The molecular formula is C14H12BrNO4S. The summed E-state index contributed by atoms with van der Waals surface area (Å²) in [5.41, 5.74) is 0.00966. The van der Waals surface area contributed by atoms with E-state index < -0.39 is 18.5 Å². The van der Waals surface area contributed by atoms with Crippen LogP contribution in [0.25, 0.3) is 0 Å². The number of hydrogen-bond acceptors (Lipinski definition) is 5. The Bertz CT molecular complexity index is 642. The molecule has 1 aromatic heterocycles. The molecule has 21 heavy (non-hydrogen) atoms. The predicted octanol–water partition coefficient (Wildman–Crippen LogP) is 2.69. The van der Waals surface area contributed by atoms with E-state index >= 15 is 0 Å². The molecule has 1 heterocycles. The Hall–Kier alpha value is -1.86. The molecule has 0 aliphatic carbocycles. The summed E-state index contributed by atoms with van der Waals surface area (Å²) in [6, 6.07) is 8.19. The number of thiophene rings is 1. The summed E-state index contributed by atoms with van der Waals surface area (Å²) in [5.74, 6) is -1.34. The average Bonchev–Trinajstić information content (AvgIpc) is 2.98. The Labute approximate surface area is 133 Å². The Balaban J connectivity index is 1.83. The number of aromatic hydroxyl groups is 1. The van der Waals surface area contributed by atoms with Gasteiger partial charge in [0.2, 0.25) is 0 Å². The van der Waals surface area contributed by atoms with Gasteiger partial charge in [-0.3, -0.25) is 4.79 Å². The van der Waals surface area contributed by atoms with E-state index in [0.717, 1.165) is 4.88 Å². The highest BCUT2D eigenvalue weighted by Gasteiger charge is 2.14. The van der Waals surface area contributed by atoms with Crippen molar-refractivity contribution >= 4 is 39.1 Å². The van der Waals surface area contributed by atoms with Crippen LogP contribution in [0.4, 0.5) is 0 Å². The lowest BCUT2D eigenvalue weighted by atomic mass is 10.2. The molecule has 0 radical (unpaired) electrons. The Morgan fingerprint density at radius 3 is 2.86 bits per heavy atom. The number of esters is 1. The van der Waals surface area contributed by atoms with E-state index in [-0.39, 0.29) is 11.3 Å². The van der Waals surface area contributed by atoms with Gasteiger partial charge in [0.05, 0.1) is 6.54 Å². The summed E-state index contributed by atoms with van der Waals surface area (Å²) in [4.78, 5) is 24.4. The molecular weight excluding hydrogens is 358 g/mol. The van der Waals surface area contributed by atoms with Crippen LogP contribution in [0.1, 0.15) is 15.2 Å². The van der Waals surface area contributed by atoms with E-state index in [1.54, 1.807) is 6.07 Å². The van der Waals surface area contributed by atoms with E-state index in [9.17, 15) is 14.7 Å². The zero-order valence-electron chi connectivity index (χ0n) is 10.8. The molecule has 0 saturated carbocycles. The number of rotatable bonds is 5. The summed E-state index contributed by atoms with van der Waals surface area (Å²) >= 11 is 4.72. The van der Waals surface area contributed by atoms with Crippen molar-refractivity contribution in [1.82, 2.24) is 5.32 Å². The molecule has 0 aliphatic rings. The van der Waals surface area contributed by atoms with Crippen molar-refractivity contribution in [3.63, 3.8) is 0 Å². The first kappa shape index (κ1) is 15.5. The maximum atomic E-state index is 11.8. The average molecular weight is 370 g/mol. The molecule has 1 amide bonds. The summed E-state index contributed by atoms with van der Waals surface area (Å²) in [6.45, 7) is 0.00630. The second kappa shape index (κ2) is 7.24. The van der Waals surface area contributed by atoms with Gasteiger partial charge in [-0.2, -0.15) is 0 Å². The molecule has 0 bridgehead atoms. The maximum Gasteiger partial charge on any atom is 0.342 e. The lowest BCUT2D eigenvalue weighted by Gasteiger charge is -2.07. The molecule has 0 fully saturated rings. The SMILES string of the molecule is O=C(COC(=O)c1cc(Br)ccc1O)NCc1cccs1. The number of hydrogen-bond donors (Lipinski definition) is 2. The van der Waals surface area contributed by atoms with Gasteiger partial charge in [0.1, 0.15) is 11.3 Å². The number of benzene rings is 1. The third-order valence-corrected chi connectivity index (χ3v) is 3.92. The van der Waals surface area contributed by atoms with Gasteiger partial charge >= 0.3 is 5.97 Å². The number of ether oxygens (including phenoxy) is 1. The topological polar surface area (TPSA) is 75.6 Å². The highest BCUT2D eigenvalue weighted by atomic mass is 79.9. The molecule has 0 atom stereocenters. The second-order valence-electron chi connectivity index (χ2n) is 4.09. The van der Waals surface area contributed by atoms with Crippen molar-refractivity contribution in [3.05, 3.63) is 50.6 Å². The zero-order valence-corrected chi connectivity index (χ0v) is 13.2. The van der Waals surface area contributed by atoms with Gasteiger partial charge in [0.15, 0.2) is 6.61 Å².